The van der Waals surface area contributed by atoms with Gasteiger partial charge in [-0.3, -0.25) is 13.9 Å². The summed E-state index contributed by atoms with van der Waals surface area (Å²) in [6.07, 6.45) is 3.04. The number of carbonyl (C=O) groups is 2. The number of ether oxygens (including phenoxy) is 1. The highest BCUT2D eigenvalue weighted by Gasteiger charge is 2.44. The smallest absolute Gasteiger partial charge is 0.344 e. The molecule has 1 aromatic heterocycles. The minimum absolute atomic E-state index is 0.0461. The van der Waals surface area contributed by atoms with Crippen molar-refractivity contribution in [2.45, 2.75) is 43.1 Å². The molecule has 4 rings (SSSR count). The van der Waals surface area contributed by atoms with E-state index in [1.54, 1.807) is 6.92 Å². The van der Waals surface area contributed by atoms with Crippen LogP contribution >= 0.6 is 0 Å². The van der Waals surface area contributed by atoms with Crippen molar-refractivity contribution < 1.29 is 27.1 Å². The molecule has 3 aromatic rings. The van der Waals surface area contributed by atoms with E-state index in [9.17, 15) is 27.2 Å². The molecule has 0 unspecified atom stereocenters. The SMILES string of the molecule is CCN(c1ccc(F)cc1)S(=O)(=O)c1ccc2[nH]cc(C(=O)OC3(C(N)=O)CCCC3)c(=O)c2c1. The number of carbonyl (C=O) groups excluding carboxylic acids is 2. The van der Waals surface area contributed by atoms with Crippen LogP contribution in [0, 0.1) is 5.82 Å². The summed E-state index contributed by atoms with van der Waals surface area (Å²) in [4.78, 5) is 40.5. The lowest BCUT2D eigenvalue weighted by atomic mass is 10.0. The largest absolute Gasteiger partial charge is 0.445 e. The van der Waals surface area contributed by atoms with Gasteiger partial charge in [0, 0.05) is 23.6 Å². The number of anilines is 1. The molecule has 1 aliphatic rings. The van der Waals surface area contributed by atoms with Crippen LogP contribution in [0.15, 0.2) is 58.4 Å². The summed E-state index contributed by atoms with van der Waals surface area (Å²) in [6.45, 7) is 1.68. The molecule has 9 nitrogen and oxygen atoms in total. The van der Waals surface area contributed by atoms with Crippen LogP contribution in [0.5, 0.6) is 0 Å². The fraction of sp³-hybridized carbons (Fsp3) is 0.292. The Labute approximate surface area is 200 Å². The number of pyridine rings is 1. The summed E-state index contributed by atoms with van der Waals surface area (Å²) in [5, 5.41) is -0.0461. The van der Waals surface area contributed by atoms with E-state index in [1.165, 1.54) is 36.5 Å². The molecule has 0 aliphatic heterocycles. The van der Waals surface area contributed by atoms with E-state index >= 15 is 0 Å². The highest BCUT2D eigenvalue weighted by molar-refractivity contribution is 7.92. The van der Waals surface area contributed by atoms with Gasteiger partial charge in [-0.1, -0.05) is 0 Å². The van der Waals surface area contributed by atoms with Crippen LogP contribution in [-0.4, -0.2) is 37.4 Å². The third-order valence-electron chi connectivity index (χ3n) is 6.21. The minimum Gasteiger partial charge on any atom is -0.445 e. The number of aromatic amines is 1. The molecule has 1 fully saturated rings. The molecule has 1 saturated carbocycles. The molecule has 3 N–H and O–H groups in total. The number of primary amides is 1. The predicted octanol–water partition coefficient (Wildman–Crippen LogP) is 2.84. The van der Waals surface area contributed by atoms with Crippen LogP contribution in [0.4, 0.5) is 10.1 Å². The average molecular weight is 502 g/mol. The molecule has 35 heavy (non-hydrogen) atoms. The highest BCUT2D eigenvalue weighted by atomic mass is 32.2. The molecular weight excluding hydrogens is 477 g/mol. The van der Waals surface area contributed by atoms with Crippen molar-refractivity contribution >= 4 is 38.5 Å². The van der Waals surface area contributed by atoms with Gasteiger partial charge in [-0.25, -0.2) is 17.6 Å². The quantitative estimate of drug-likeness (QED) is 0.477. The Morgan fingerprint density at radius 2 is 1.80 bits per heavy atom. The van der Waals surface area contributed by atoms with Crippen LogP contribution in [0.3, 0.4) is 0 Å². The molecule has 11 heteroatoms. The summed E-state index contributed by atoms with van der Waals surface area (Å²) >= 11 is 0. The number of halogens is 1. The number of esters is 1. The summed E-state index contributed by atoms with van der Waals surface area (Å²) in [5.74, 6) is -2.28. The van der Waals surface area contributed by atoms with Crippen LogP contribution < -0.4 is 15.5 Å². The average Bonchev–Trinajstić information content (AvgIpc) is 3.30. The number of nitrogens with one attached hydrogen (secondary N) is 1. The number of hydrogen-bond donors (Lipinski definition) is 2. The molecule has 0 radical (unpaired) electrons. The zero-order chi connectivity index (χ0) is 25.4. The maximum absolute atomic E-state index is 13.3. The van der Waals surface area contributed by atoms with Crippen LogP contribution in [0.25, 0.3) is 10.9 Å². The Balaban J connectivity index is 1.74. The Bertz CT molecular complexity index is 1460. The number of rotatable bonds is 7. The summed E-state index contributed by atoms with van der Waals surface area (Å²) in [6, 6.07) is 8.91. The number of sulfonamides is 1. The Morgan fingerprint density at radius 1 is 1.14 bits per heavy atom. The number of benzene rings is 2. The summed E-state index contributed by atoms with van der Waals surface area (Å²) < 4.78 is 46.5. The number of nitrogens with two attached hydrogens (primary N) is 1. The Hall–Kier alpha value is -3.73. The van der Waals surface area contributed by atoms with Crippen molar-refractivity contribution in [3.8, 4) is 0 Å². The van der Waals surface area contributed by atoms with E-state index in [2.05, 4.69) is 4.98 Å². The Morgan fingerprint density at radius 3 is 2.40 bits per heavy atom. The lowest BCUT2D eigenvalue weighted by Gasteiger charge is -2.25. The number of fused-ring (bicyclic) bond motifs is 1. The van der Waals surface area contributed by atoms with Gasteiger partial charge in [0.2, 0.25) is 5.43 Å². The van der Waals surface area contributed by atoms with Gasteiger partial charge in [-0.2, -0.15) is 0 Å². The number of hydrogen-bond acceptors (Lipinski definition) is 6. The first kappa shape index (κ1) is 24.4. The van der Waals surface area contributed by atoms with E-state index in [0.717, 1.165) is 16.4 Å². The normalized spacial score (nSPS) is 15.1. The van der Waals surface area contributed by atoms with Crippen LogP contribution in [0.2, 0.25) is 0 Å². The van der Waals surface area contributed by atoms with E-state index in [-0.39, 0.29) is 40.9 Å². The van der Waals surface area contributed by atoms with Crippen molar-refractivity contribution in [3.05, 3.63) is 70.3 Å². The first-order chi connectivity index (χ1) is 16.6. The number of amides is 1. The standard InChI is InChI=1S/C24H24FN3O6S/c1-2-28(16-7-5-15(25)6-8-16)35(32,33)17-9-10-20-18(13-17)21(29)19(14-27-20)22(30)34-24(23(26)31)11-3-4-12-24/h5-10,13-14H,2-4,11-12H2,1H3,(H2,26,31)(H,27,29). The maximum atomic E-state index is 13.3. The van der Waals surface area contributed by atoms with Crippen molar-refractivity contribution in [2.75, 3.05) is 10.8 Å². The predicted molar refractivity (Wildman–Crippen MR) is 127 cm³/mol. The number of nitrogens with zero attached hydrogens (tertiary/aromatic N) is 1. The van der Waals surface area contributed by atoms with Gasteiger partial charge in [-0.15, -0.1) is 0 Å². The number of aromatic nitrogens is 1. The van der Waals surface area contributed by atoms with E-state index in [0.29, 0.717) is 18.4 Å². The van der Waals surface area contributed by atoms with E-state index in [4.69, 9.17) is 10.5 Å². The van der Waals surface area contributed by atoms with Gasteiger partial charge >= 0.3 is 5.97 Å². The highest BCUT2D eigenvalue weighted by Crippen LogP contribution is 2.33. The first-order valence-electron chi connectivity index (χ1n) is 11.1. The topological polar surface area (TPSA) is 140 Å². The second kappa shape index (κ2) is 9.14. The van der Waals surface area contributed by atoms with Gasteiger partial charge in [0.1, 0.15) is 11.4 Å². The van der Waals surface area contributed by atoms with Gasteiger partial charge in [0.05, 0.1) is 10.6 Å². The zero-order valence-corrected chi connectivity index (χ0v) is 19.7. The molecule has 0 bridgehead atoms. The van der Waals surface area contributed by atoms with Gasteiger partial charge in [0.15, 0.2) is 5.60 Å². The van der Waals surface area contributed by atoms with Crippen molar-refractivity contribution in [1.29, 1.82) is 0 Å². The molecule has 1 aliphatic carbocycles. The minimum atomic E-state index is -4.12. The monoisotopic (exact) mass is 501 g/mol. The molecular formula is C24H24FN3O6S. The van der Waals surface area contributed by atoms with Crippen LogP contribution in [0.1, 0.15) is 43.0 Å². The molecule has 184 valence electrons. The maximum Gasteiger partial charge on any atom is 0.344 e. The fourth-order valence-corrected chi connectivity index (χ4v) is 5.81. The second-order valence-corrected chi connectivity index (χ2v) is 10.2. The number of H-pyrrole nitrogens is 1. The molecule has 0 saturated heterocycles. The third kappa shape index (κ3) is 4.39. The van der Waals surface area contributed by atoms with Gasteiger partial charge in [0.25, 0.3) is 15.9 Å². The van der Waals surface area contributed by atoms with Crippen molar-refractivity contribution in [1.82, 2.24) is 4.98 Å². The fourth-order valence-electron chi connectivity index (χ4n) is 4.31. The molecule has 1 heterocycles. The Kier molecular flexibility index (Phi) is 6.37. The van der Waals surface area contributed by atoms with Crippen molar-refractivity contribution in [2.24, 2.45) is 5.73 Å². The summed E-state index contributed by atoms with van der Waals surface area (Å²) in [7, 11) is -4.12. The van der Waals surface area contributed by atoms with Crippen molar-refractivity contribution in [3.63, 3.8) is 0 Å². The molecule has 2 aromatic carbocycles. The molecule has 0 spiro atoms. The summed E-state index contributed by atoms with van der Waals surface area (Å²) in [5.41, 5.74) is 3.45. The van der Waals surface area contributed by atoms with Crippen LogP contribution in [-0.2, 0) is 19.6 Å². The molecule has 1 amide bonds. The lowest BCUT2D eigenvalue weighted by molar-refractivity contribution is -0.136. The third-order valence-corrected chi connectivity index (χ3v) is 8.11. The lowest BCUT2D eigenvalue weighted by Crippen LogP contribution is -2.45. The first-order valence-corrected chi connectivity index (χ1v) is 12.5. The van der Waals surface area contributed by atoms with E-state index in [1.807, 2.05) is 0 Å². The van der Waals surface area contributed by atoms with Gasteiger partial charge < -0.3 is 15.5 Å². The second-order valence-electron chi connectivity index (χ2n) is 8.34. The molecule has 0 atom stereocenters. The zero-order valence-electron chi connectivity index (χ0n) is 18.9. The van der Waals surface area contributed by atoms with E-state index < -0.39 is 38.7 Å². The van der Waals surface area contributed by atoms with Gasteiger partial charge in [-0.05, 0) is 75.1 Å².